The second-order valence-corrected chi connectivity index (χ2v) is 5.45. The fourth-order valence-electron chi connectivity index (χ4n) is 2.54. The number of hydrogen-bond acceptors (Lipinski definition) is 8. The molecule has 2 aromatic heterocycles. The summed E-state index contributed by atoms with van der Waals surface area (Å²) in [5.41, 5.74) is 1.26. The van der Waals surface area contributed by atoms with Crippen molar-refractivity contribution < 1.29 is 9.66 Å². The van der Waals surface area contributed by atoms with Gasteiger partial charge in [-0.2, -0.15) is 0 Å². The van der Waals surface area contributed by atoms with Crippen LogP contribution in [0.4, 0.5) is 23.0 Å². The van der Waals surface area contributed by atoms with Gasteiger partial charge in [-0.15, -0.1) is 0 Å². The molecule has 0 unspecified atom stereocenters. The summed E-state index contributed by atoms with van der Waals surface area (Å²) in [6.45, 7) is 1.06. The van der Waals surface area contributed by atoms with Crippen molar-refractivity contribution in [2.24, 2.45) is 0 Å². The third kappa shape index (κ3) is 3.83. The minimum Gasteiger partial charge on any atom is -0.385 e. The summed E-state index contributed by atoms with van der Waals surface area (Å²) < 4.78 is 4.98. The molecule has 0 spiro atoms. The van der Waals surface area contributed by atoms with Gasteiger partial charge in [0, 0.05) is 37.5 Å². The van der Waals surface area contributed by atoms with E-state index in [0.29, 0.717) is 25.3 Å². The van der Waals surface area contributed by atoms with Crippen LogP contribution in [0, 0.1) is 10.1 Å². The van der Waals surface area contributed by atoms with Crippen LogP contribution >= 0.6 is 0 Å². The van der Waals surface area contributed by atoms with Gasteiger partial charge in [0.1, 0.15) is 6.33 Å². The van der Waals surface area contributed by atoms with Gasteiger partial charge >= 0.3 is 5.69 Å². The van der Waals surface area contributed by atoms with Gasteiger partial charge < -0.3 is 15.4 Å². The van der Waals surface area contributed by atoms with E-state index in [2.05, 4.69) is 25.6 Å². The number of ether oxygens (including phenoxy) is 1. The monoisotopic (exact) mass is 354 g/mol. The Morgan fingerprint density at radius 2 is 2.00 bits per heavy atom. The molecule has 0 saturated carbocycles. The maximum absolute atomic E-state index is 11.6. The van der Waals surface area contributed by atoms with Gasteiger partial charge in [-0.3, -0.25) is 15.1 Å². The summed E-state index contributed by atoms with van der Waals surface area (Å²) in [6.07, 6.45) is 3.69. The second-order valence-electron chi connectivity index (χ2n) is 5.45. The summed E-state index contributed by atoms with van der Waals surface area (Å²) in [7, 11) is 1.61. The molecular weight excluding hydrogens is 336 g/mol. The Morgan fingerprint density at radius 1 is 1.15 bits per heavy atom. The predicted molar refractivity (Wildman–Crippen MR) is 98.7 cm³/mol. The first kappa shape index (κ1) is 17.5. The van der Waals surface area contributed by atoms with Crippen LogP contribution in [0.25, 0.3) is 10.9 Å². The third-order valence-corrected chi connectivity index (χ3v) is 3.72. The molecule has 0 aliphatic carbocycles. The van der Waals surface area contributed by atoms with E-state index in [4.69, 9.17) is 4.74 Å². The van der Waals surface area contributed by atoms with Crippen molar-refractivity contribution in [3.8, 4) is 0 Å². The zero-order chi connectivity index (χ0) is 18.4. The molecule has 134 valence electrons. The lowest BCUT2D eigenvalue weighted by Crippen LogP contribution is -2.10. The number of hydrogen-bond donors (Lipinski definition) is 2. The normalized spacial score (nSPS) is 10.7. The average molecular weight is 354 g/mol. The van der Waals surface area contributed by atoms with E-state index in [1.807, 2.05) is 30.3 Å². The first-order valence-corrected chi connectivity index (χ1v) is 8.03. The Balaban J connectivity index is 1.93. The van der Waals surface area contributed by atoms with Crippen LogP contribution in [0.2, 0.25) is 0 Å². The summed E-state index contributed by atoms with van der Waals surface area (Å²) in [5, 5.41) is 18.4. The predicted octanol–water partition coefficient (Wildman–Crippen LogP) is 3.13. The summed E-state index contributed by atoms with van der Waals surface area (Å²) in [5.74, 6) is 0.289. The zero-order valence-electron chi connectivity index (χ0n) is 14.2. The molecule has 0 fully saturated rings. The van der Waals surface area contributed by atoms with Crippen molar-refractivity contribution in [2.75, 3.05) is 30.9 Å². The molecule has 0 aliphatic heterocycles. The number of anilines is 3. The van der Waals surface area contributed by atoms with Crippen LogP contribution in [0.1, 0.15) is 6.42 Å². The van der Waals surface area contributed by atoms with E-state index >= 15 is 0 Å². The first-order valence-electron chi connectivity index (χ1n) is 8.03. The van der Waals surface area contributed by atoms with Gasteiger partial charge in [0.2, 0.25) is 11.6 Å². The number of methoxy groups -OCH3 is 1. The highest BCUT2D eigenvalue weighted by Crippen LogP contribution is 2.33. The number of fused-ring (bicyclic) bond motifs is 1. The SMILES string of the molecule is COCCCNc1ncnc(Nc2cccc3ncccc23)c1[N+](=O)[O-]. The number of pyridine rings is 1. The van der Waals surface area contributed by atoms with Crippen molar-refractivity contribution in [3.63, 3.8) is 0 Å². The molecule has 0 saturated heterocycles. The highest BCUT2D eigenvalue weighted by Gasteiger charge is 2.23. The van der Waals surface area contributed by atoms with E-state index in [-0.39, 0.29) is 17.3 Å². The Hall–Kier alpha value is -3.33. The van der Waals surface area contributed by atoms with Gasteiger partial charge in [-0.25, -0.2) is 9.97 Å². The molecule has 3 aromatic rings. The summed E-state index contributed by atoms with van der Waals surface area (Å²) in [4.78, 5) is 23.4. The number of nitrogens with one attached hydrogen (secondary N) is 2. The number of nitrogens with zero attached hydrogens (tertiary/aromatic N) is 4. The van der Waals surface area contributed by atoms with E-state index in [1.54, 1.807) is 13.3 Å². The van der Waals surface area contributed by atoms with Crippen LogP contribution in [0.5, 0.6) is 0 Å². The van der Waals surface area contributed by atoms with Gasteiger partial charge in [0.15, 0.2) is 0 Å². The van der Waals surface area contributed by atoms with Crippen molar-refractivity contribution in [1.82, 2.24) is 15.0 Å². The summed E-state index contributed by atoms with van der Waals surface area (Å²) >= 11 is 0. The van der Waals surface area contributed by atoms with Crippen LogP contribution in [0.3, 0.4) is 0 Å². The Morgan fingerprint density at radius 3 is 2.81 bits per heavy atom. The Labute approximate surface area is 149 Å². The Bertz CT molecular complexity index is 913. The van der Waals surface area contributed by atoms with Crippen LogP contribution < -0.4 is 10.6 Å². The van der Waals surface area contributed by atoms with Crippen molar-refractivity contribution >= 4 is 33.9 Å². The lowest BCUT2D eigenvalue weighted by atomic mass is 10.2. The molecule has 2 N–H and O–H groups in total. The van der Waals surface area contributed by atoms with Crippen LogP contribution in [-0.2, 0) is 4.74 Å². The Kier molecular flexibility index (Phi) is 5.49. The lowest BCUT2D eigenvalue weighted by Gasteiger charge is -2.11. The molecule has 3 rings (SSSR count). The van der Waals surface area contributed by atoms with Gasteiger partial charge in [0.25, 0.3) is 0 Å². The van der Waals surface area contributed by atoms with Gasteiger partial charge in [-0.1, -0.05) is 6.07 Å². The highest BCUT2D eigenvalue weighted by atomic mass is 16.6. The molecule has 0 aliphatic rings. The molecule has 0 radical (unpaired) electrons. The molecule has 26 heavy (non-hydrogen) atoms. The number of aromatic nitrogens is 3. The van der Waals surface area contributed by atoms with Crippen LogP contribution in [0.15, 0.2) is 42.9 Å². The van der Waals surface area contributed by atoms with Crippen LogP contribution in [-0.4, -0.2) is 40.1 Å². The maximum atomic E-state index is 11.6. The smallest absolute Gasteiger partial charge is 0.353 e. The molecule has 9 nitrogen and oxygen atoms in total. The third-order valence-electron chi connectivity index (χ3n) is 3.72. The molecule has 0 amide bonds. The molecule has 0 atom stereocenters. The fourth-order valence-corrected chi connectivity index (χ4v) is 2.54. The zero-order valence-corrected chi connectivity index (χ0v) is 14.2. The molecule has 0 bridgehead atoms. The van der Waals surface area contributed by atoms with E-state index in [0.717, 1.165) is 10.9 Å². The summed E-state index contributed by atoms with van der Waals surface area (Å²) in [6, 6.07) is 9.22. The quantitative estimate of drug-likeness (QED) is 0.360. The topological polar surface area (TPSA) is 115 Å². The molecule has 2 heterocycles. The fraction of sp³-hybridized carbons (Fsp3) is 0.235. The largest absolute Gasteiger partial charge is 0.385 e. The van der Waals surface area contributed by atoms with E-state index in [9.17, 15) is 10.1 Å². The van der Waals surface area contributed by atoms with E-state index < -0.39 is 4.92 Å². The molecule has 9 heteroatoms. The minimum atomic E-state index is -0.496. The molecular formula is C17H18N6O3. The van der Waals surface area contributed by atoms with Crippen molar-refractivity contribution in [3.05, 3.63) is 53.0 Å². The lowest BCUT2D eigenvalue weighted by molar-refractivity contribution is -0.383. The van der Waals surface area contributed by atoms with Gasteiger partial charge in [0.05, 0.1) is 10.4 Å². The second kappa shape index (κ2) is 8.17. The van der Waals surface area contributed by atoms with Gasteiger partial charge in [-0.05, 0) is 30.7 Å². The van der Waals surface area contributed by atoms with Crippen molar-refractivity contribution in [1.29, 1.82) is 0 Å². The number of benzene rings is 1. The van der Waals surface area contributed by atoms with E-state index in [1.165, 1.54) is 6.33 Å². The minimum absolute atomic E-state index is 0.121. The number of nitro groups is 1. The average Bonchev–Trinajstić information content (AvgIpc) is 2.65. The number of rotatable bonds is 8. The van der Waals surface area contributed by atoms with Crippen molar-refractivity contribution in [2.45, 2.75) is 6.42 Å². The standard InChI is InChI=1S/C17H18N6O3/c1-26-10-4-9-19-16-15(23(24)25)17(21-11-20-16)22-14-7-2-6-13-12(14)5-3-8-18-13/h2-3,5-8,11H,4,9-10H2,1H3,(H2,19,20,21,22). The maximum Gasteiger partial charge on any atom is 0.353 e. The molecule has 1 aromatic carbocycles. The first-order chi connectivity index (χ1) is 12.7. The highest BCUT2D eigenvalue weighted by molar-refractivity contribution is 5.93.